The first kappa shape index (κ1) is 41.1. The van der Waals surface area contributed by atoms with Crippen molar-refractivity contribution < 1.29 is 37.1 Å². The first-order valence-electron chi connectivity index (χ1n) is 19.0. The maximum Gasteiger partial charge on any atom is 0.408 e. The number of nitrogens with zero attached hydrogens (tertiary/aromatic N) is 5. The van der Waals surface area contributed by atoms with Gasteiger partial charge < -0.3 is 25.0 Å². The summed E-state index contributed by atoms with van der Waals surface area (Å²) in [4.78, 5) is 66.6. The van der Waals surface area contributed by atoms with E-state index in [1.54, 1.807) is 26.3 Å². The lowest BCUT2D eigenvalue weighted by molar-refractivity contribution is -0.141. The van der Waals surface area contributed by atoms with Crippen molar-refractivity contribution in [1.82, 2.24) is 39.1 Å². The highest BCUT2D eigenvalue weighted by Gasteiger charge is 2.62. The molecule has 304 valence electrons. The smallest absolute Gasteiger partial charge is 0.408 e. The van der Waals surface area contributed by atoms with Gasteiger partial charge in [0.1, 0.15) is 34.8 Å². The number of rotatable bonds is 8. The number of hydrogen-bond acceptors (Lipinski definition) is 11. The van der Waals surface area contributed by atoms with Crippen LogP contribution in [0.25, 0.3) is 22.3 Å². The Kier molecular flexibility index (Phi) is 11.8. The first-order chi connectivity index (χ1) is 26.4. The molecule has 3 aromatic rings. The summed E-state index contributed by atoms with van der Waals surface area (Å²) in [6.07, 6.45) is 5.62. The van der Waals surface area contributed by atoms with E-state index in [-0.39, 0.29) is 25.4 Å². The van der Waals surface area contributed by atoms with Crippen molar-refractivity contribution in [3.8, 4) is 17.3 Å². The standard InChI is InChI=1S/C38H52N8O8S2/c1-23(2)46-29-17-13-15-26(28-21-55-22-39-28)31(29)41-35(46)53-25-18-30-32(47)42-38(34(49)43-56(51,52)44(6)7)19-24(38)14-11-9-8-10-12-16-27(33(48)45(30)20-25)40-36(50)54-37(3,4)5/h11,13-15,17,21-25,27,30H,8-10,12,16,18-20H2,1-7H3,(H,40,50)(H,42,47)(H,43,49)/t24-,25-,27+,30+,38-/m1/s1. The minimum atomic E-state index is -4.17. The highest BCUT2D eigenvalue weighted by atomic mass is 32.2. The predicted molar refractivity (Wildman–Crippen MR) is 211 cm³/mol. The van der Waals surface area contributed by atoms with Gasteiger partial charge >= 0.3 is 16.3 Å². The number of alkyl carbamates (subject to hydrolysis) is 1. The van der Waals surface area contributed by atoms with E-state index < -0.39 is 69.3 Å². The van der Waals surface area contributed by atoms with Crippen molar-refractivity contribution in [3.63, 3.8) is 0 Å². The molecule has 0 spiro atoms. The lowest BCUT2D eigenvalue weighted by atomic mass is 10.0. The van der Waals surface area contributed by atoms with Crippen LogP contribution in [0, 0.1) is 5.92 Å². The van der Waals surface area contributed by atoms with Crippen LogP contribution in [-0.2, 0) is 29.3 Å². The van der Waals surface area contributed by atoms with Gasteiger partial charge in [-0.1, -0.05) is 37.1 Å². The van der Waals surface area contributed by atoms with Crippen molar-refractivity contribution >= 4 is 56.4 Å². The molecule has 5 atom stereocenters. The molecule has 2 fully saturated rings. The van der Waals surface area contributed by atoms with Crippen LogP contribution in [0.4, 0.5) is 4.79 Å². The Hall–Kier alpha value is -4.55. The number of carbonyl (C=O) groups excluding carboxylic acids is 4. The number of carbonyl (C=O) groups is 4. The van der Waals surface area contributed by atoms with E-state index in [2.05, 4.69) is 20.3 Å². The third-order valence-corrected chi connectivity index (χ3v) is 12.2. The number of fused-ring (bicyclic) bond motifs is 3. The van der Waals surface area contributed by atoms with Crippen molar-refractivity contribution in [2.45, 2.75) is 115 Å². The second-order valence-corrected chi connectivity index (χ2v) is 18.7. The zero-order chi connectivity index (χ0) is 40.6. The molecule has 3 aliphatic rings. The van der Waals surface area contributed by atoms with Gasteiger partial charge in [0.05, 0.1) is 23.3 Å². The van der Waals surface area contributed by atoms with Gasteiger partial charge in [0.2, 0.25) is 11.8 Å². The Labute approximate surface area is 331 Å². The summed E-state index contributed by atoms with van der Waals surface area (Å²) >= 11 is 1.48. The number of hydrogen-bond donors (Lipinski definition) is 3. The highest BCUT2D eigenvalue weighted by Crippen LogP contribution is 2.46. The van der Waals surface area contributed by atoms with Crippen LogP contribution in [0.2, 0.25) is 0 Å². The Morgan fingerprint density at radius 3 is 2.59 bits per heavy atom. The molecule has 0 radical (unpaired) electrons. The number of aromatic nitrogens is 3. The molecule has 4 amide bonds. The second kappa shape index (κ2) is 16.1. The number of nitrogens with one attached hydrogen (secondary N) is 3. The third-order valence-electron chi connectivity index (χ3n) is 10.2. The van der Waals surface area contributed by atoms with Gasteiger partial charge in [-0.3, -0.25) is 19.0 Å². The third kappa shape index (κ3) is 8.86. The Morgan fingerprint density at radius 1 is 1.14 bits per heavy atom. The topological polar surface area (TPSA) is 194 Å². The summed E-state index contributed by atoms with van der Waals surface area (Å²) in [5.41, 5.74) is 2.53. The van der Waals surface area contributed by atoms with Gasteiger partial charge in [-0.05, 0) is 66.4 Å². The van der Waals surface area contributed by atoms with Crippen molar-refractivity contribution in [2.75, 3.05) is 20.6 Å². The number of allylic oxidation sites excluding steroid dienone is 1. The molecule has 2 aliphatic heterocycles. The van der Waals surface area contributed by atoms with Crippen LogP contribution >= 0.6 is 11.3 Å². The fourth-order valence-electron chi connectivity index (χ4n) is 7.29. The van der Waals surface area contributed by atoms with Crippen LogP contribution in [0.3, 0.4) is 0 Å². The monoisotopic (exact) mass is 812 g/mol. The summed E-state index contributed by atoms with van der Waals surface area (Å²) in [6.45, 7) is 9.17. The van der Waals surface area contributed by atoms with Gasteiger partial charge in [-0.25, -0.2) is 14.5 Å². The SMILES string of the molecule is CC(C)n1c(O[C@@H]2C[C@H]3C(=O)N[C@]4(C(=O)NS(=O)(=O)N(C)C)C[C@H]4C=CCCCCC[C@H](NC(=O)OC(C)(C)C)C(=O)N3C2)nc2c(-c3cscn3)cccc21. The number of imidazole rings is 1. The first-order valence-corrected chi connectivity index (χ1v) is 21.4. The fourth-order valence-corrected chi connectivity index (χ4v) is 8.44. The molecule has 6 rings (SSSR count). The van der Waals surface area contributed by atoms with E-state index in [9.17, 15) is 27.6 Å². The Bertz CT molecular complexity index is 2090. The van der Waals surface area contributed by atoms with Crippen LogP contribution in [0.15, 0.2) is 41.2 Å². The minimum absolute atomic E-state index is 0.0266. The quantitative estimate of drug-likeness (QED) is 0.276. The molecule has 16 nitrogen and oxygen atoms in total. The van der Waals surface area contributed by atoms with E-state index in [1.807, 2.05) is 54.1 Å². The van der Waals surface area contributed by atoms with E-state index >= 15 is 0 Å². The molecule has 4 heterocycles. The molecule has 0 bridgehead atoms. The van der Waals surface area contributed by atoms with Crippen molar-refractivity contribution in [3.05, 3.63) is 41.2 Å². The zero-order valence-electron chi connectivity index (χ0n) is 32.9. The van der Waals surface area contributed by atoms with E-state index in [0.717, 1.165) is 33.9 Å². The molecular formula is C38H52N8O8S2. The molecule has 1 aliphatic carbocycles. The lowest BCUT2D eigenvalue weighted by Crippen LogP contribution is -2.58. The van der Waals surface area contributed by atoms with Crippen LogP contribution in [-0.4, -0.2) is 106 Å². The molecule has 1 saturated heterocycles. The molecule has 1 aromatic carbocycles. The summed E-state index contributed by atoms with van der Waals surface area (Å²) in [7, 11) is -1.58. The summed E-state index contributed by atoms with van der Waals surface area (Å²) in [5.74, 6) is -2.48. The minimum Gasteiger partial charge on any atom is -0.459 e. The van der Waals surface area contributed by atoms with Gasteiger partial charge in [0.15, 0.2) is 0 Å². The molecule has 18 heteroatoms. The number of thiazole rings is 1. The van der Waals surface area contributed by atoms with Crippen LogP contribution in [0.5, 0.6) is 6.01 Å². The van der Waals surface area contributed by atoms with E-state index in [4.69, 9.17) is 14.5 Å². The van der Waals surface area contributed by atoms with Gasteiger partial charge in [0.25, 0.3) is 11.9 Å². The molecule has 0 unspecified atom stereocenters. The number of benzene rings is 1. The van der Waals surface area contributed by atoms with Crippen molar-refractivity contribution in [2.24, 2.45) is 5.92 Å². The maximum atomic E-state index is 14.6. The van der Waals surface area contributed by atoms with Gasteiger partial charge in [-0.2, -0.15) is 17.7 Å². The molecule has 56 heavy (non-hydrogen) atoms. The van der Waals surface area contributed by atoms with E-state index in [0.29, 0.717) is 30.8 Å². The van der Waals surface area contributed by atoms with E-state index in [1.165, 1.54) is 30.3 Å². The number of ether oxygens (including phenoxy) is 2. The highest BCUT2D eigenvalue weighted by molar-refractivity contribution is 7.87. The average Bonchev–Trinajstić information content (AvgIpc) is 3.51. The summed E-state index contributed by atoms with van der Waals surface area (Å²) in [5, 5.41) is 7.56. The van der Waals surface area contributed by atoms with Gasteiger partial charge in [-0.15, -0.1) is 11.3 Å². The second-order valence-electron chi connectivity index (χ2n) is 16.1. The van der Waals surface area contributed by atoms with Crippen molar-refractivity contribution in [1.29, 1.82) is 0 Å². The molecule has 2 aromatic heterocycles. The number of amides is 4. The zero-order valence-corrected chi connectivity index (χ0v) is 34.5. The lowest BCUT2D eigenvalue weighted by Gasteiger charge is -2.30. The Morgan fingerprint density at radius 2 is 1.91 bits per heavy atom. The maximum absolute atomic E-state index is 14.6. The Balaban J connectivity index is 1.35. The largest absolute Gasteiger partial charge is 0.459 e. The van der Waals surface area contributed by atoms with Gasteiger partial charge in [0, 0.05) is 43.4 Å². The normalized spacial score (nSPS) is 24.9. The molecule has 1 saturated carbocycles. The number of para-hydroxylation sites is 1. The summed E-state index contributed by atoms with van der Waals surface area (Å²) < 4.78 is 42.6. The molecular weight excluding hydrogens is 761 g/mol. The molecule has 3 N–H and O–H groups in total. The van der Waals surface area contributed by atoms with Crippen LogP contribution in [0.1, 0.15) is 85.6 Å². The fraction of sp³-hybridized carbons (Fsp3) is 0.579. The average molecular weight is 813 g/mol. The van der Waals surface area contributed by atoms with Crippen LogP contribution < -0.4 is 20.1 Å². The predicted octanol–water partition coefficient (Wildman–Crippen LogP) is 4.30. The summed E-state index contributed by atoms with van der Waals surface area (Å²) in [6, 6.07) is 3.91.